The highest BCUT2D eigenvalue weighted by atomic mass is 16.2. The summed E-state index contributed by atoms with van der Waals surface area (Å²) in [5, 5.41) is 2.99. The van der Waals surface area contributed by atoms with E-state index in [-0.39, 0.29) is 29.8 Å². The lowest BCUT2D eigenvalue weighted by Crippen LogP contribution is -2.55. The van der Waals surface area contributed by atoms with Gasteiger partial charge in [-0.3, -0.25) is 14.5 Å². The molecular formula is C18H30N4O3. The minimum absolute atomic E-state index is 0.0136. The zero-order chi connectivity index (χ0) is 18.2. The van der Waals surface area contributed by atoms with Gasteiger partial charge < -0.3 is 15.1 Å². The molecular weight excluding hydrogens is 320 g/mol. The summed E-state index contributed by atoms with van der Waals surface area (Å²) in [6.07, 6.45) is 2.72. The van der Waals surface area contributed by atoms with Gasteiger partial charge in [-0.2, -0.15) is 0 Å². The fourth-order valence-corrected chi connectivity index (χ4v) is 4.27. The summed E-state index contributed by atoms with van der Waals surface area (Å²) in [4.78, 5) is 43.3. The van der Waals surface area contributed by atoms with Crippen molar-refractivity contribution in [2.75, 3.05) is 32.7 Å². The van der Waals surface area contributed by atoms with Crippen LogP contribution in [0, 0.1) is 5.92 Å². The van der Waals surface area contributed by atoms with Gasteiger partial charge in [0.05, 0.1) is 0 Å². The van der Waals surface area contributed by atoms with Crippen molar-refractivity contribution in [2.24, 2.45) is 5.92 Å². The molecule has 0 bridgehead atoms. The van der Waals surface area contributed by atoms with Crippen molar-refractivity contribution >= 4 is 17.8 Å². The minimum Gasteiger partial charge on any atom is -0.342 e. The van der Waals surface area contributed by atoms with Crippen molar-refractivity contribution in [3.63, 3.8) is 0 Å². The summed E-state index contributed by atoms with van der Waals surface area (Å²) in [6, 6.07) is -0.337. The van der Waals surface area contributed by atoms with Crippen LogP contribution in [0.3, 0.4) is 0 Å². The summed E-state index contributed by atoms with van der Waals surface area (Å²) in [6.45, 7) is 9.83. The number of nitrogens with one attached hydrogen (secondary N) is 1. The maximum Gasteiger partial charge on any atom is 0.325 e. The molecule has 3 aliphatic rings. The number of imide groups is 1. The Morgan fingerprint density at radius 2 is 1.76 bits per heavy atom. The number of piperidine rings is 2. The van der Waals surface area contributed by atoms with E-state index in [0.717, 1.165) is 19.6 Å². The summed E-state index contributed by atoms with van der Waals surface area (Å²) < 4.78 is 0. The summed E-state index contributed by atoms with van der Waals surface area (Å²) >= 11 is 0. The van der Waals surface area contributed by atoms with Gasteiger partial charge in [0.1, 0.15) is 5.54 Å². The topological polar surface area (TPSA) is 73.0 Å². The number of carbonyl (C=O) groups excluding carboxylic acids is 3. The van der Waals surface area contributed by atoms with Gasteiger partial charge in [0.15, 0.2) is 0 Å². The second-order valence-electron chi connectivity index (χ2n) is 7.83. The van der Waals surface area contributed by atoms with Crippen LogP contribution in [0.1, 0.15) is 46.5 Å². The fourth-order valence-electron chi connectivity index (χ4n) is 4.27. The highest BCUT2D eigenvalue weighted by Crippen LogP contribution is 2.32. The molecule has 0 aromatic rings. The second kappa shape index (κ2) is 6.94. The van der Waals surface area contributed by atoms with Crippen molar-refractivity contribution in [1.82, 2.24) is 20.0 Å². The molecule has 0 unspecified atom stereocenters. The van der Waals surface area contributed by atoms with Crippen LogP contribution in [0.4, 0.5) is 4.79 Å². The molecule has 3 heterocycles. The van der Waals surface area contributed by atoms with Crippen LogP contribution in [-0.4, -0.2) is 76.8 Å². The average molecular weight is 350 g/mol. The van der Waals surface area contributed by atoms with Gasteiger partial charge in [-0.15, -0.1) is 0 Å². The first kappa shape index (κ1) is 18.2. The molecule has 3 aliphatic heterocycles. The van der Waals surface area contributed by atoms with E-state index in [1.54, 1.807) is 0 Å². The van der Waals surface area contributed by atoms with E-state index < -0.39 is 5.54 Å². The highest BCUT2D eigenvalue weighted by Gasteiger charge is 2.54. The van der Waals surface area contributed by atoms with Crippen molar-refractivity contribution in [2.45, 2.75) is 58.0 Å². The zero-order valence-corrected chi connectivity index (χ0v) is 15.6. The van der Waals surface area contributed by atoms with Crippen molar-refractivity contribution in [1.29, 1.82) is 0 Å². The van der Waals surface area contributed by atoms with Crippen LogP contribution in [0.15, 0.2) is 0 Å². The lowest BCUT2D eigenvalue weighted by molar-refractivity contribution is -0.138. The molecule has 1 spiro atoms. The van der Waals surface area contributed by atoms with E-state index in [9.17, 15) is 14.4 Å². The molecule has 7 nitrogen and oxygen atoms in total. The fraction of sp³-hybridized carbons (Fsp3) is 0.833. The standard InChI is InChI=1S/C18H30N4O3/c1-4-20-11-7-18(8-12-20)16(24)22(17(25)19-18)14-5-9-21(10-6-14)15(23)13(2)3/h13-14H,4-12H2,1-3H3,(H,19,25). The number of nitrogens with zero attached hydrogens (tertiary/aromatic N) is 3. The maximum absolute atomic E-state index is 13.1. The molecule has 0 aromatic carbocycles. The normalized spacial score (nSPS) is 25.1. The Balaban J connectivity index is 1.63. The Labute approximate surface area is 149 Å². The second-order valence-corrected chi connectivity index (χ2v) is 7.83. The first-order chi connectivity index (χ1) is 11.9. The van der Waals surface area contributed by atoms with E-state index in [1.165, 1.54) is 4.90 Å². The van der Waals surface area contributed by atoms with Gasteiger partial charge in [0.2, 0.25) is 5.91 Å². The third-order valence-electron chi connectivity index (χ3n) is 5.99. The van der Waals surface area contributed by atoms with E-state index in [4.69, 9.17) is 0 Å². The molecule has 0 saturated carbocycles. The predicted molar refractivity (Wildman–Crippen MR) is 93.9 cm³/mol. The monoisotopic (exact) mass is 350 g/mol. The van der Waals surface area contributed by atoms with E-state index in [1.807, 2.05) is 18.7 Å². The molecule has 3 fully saturated rings. The number of hydrogen-bond acceptors (Lipinski definition) is 4. The summed E-state index contributed by atoms with van der Waals surface area (Å²) in [5.41, 5.74) is -0.701. The lowest BCUT2D eigenvalue weighted by atomic mass is 9.87. The van der Waals surface area contributed by atoms with Crippen molar-refractivity contribution in [3.8, 4) is 0 Å². The first-order valence-electron chi connectivity index (χ1n) is 9.55. The molecule has 1 N–H and O–H groups in total. The number of urea groups is 1. The molecule has 0 aliphatic carbocycles. The van der Waals surface area contributed by atoms with Gasteiger partial charge in [-0.1, -0.05) is 20.8 Å². The predicted octanol–water partition coefficient (Wildman–Crippen LogP) is 1.04. The van der Waals surface area contributed by atoms with E-state index >= 15 is 0 Å². The molecule has 0 atom stereocenters. The number of rotatable bonds is 3. The van der Waals surface area contributed by atoms with Crippen LogP contribution in [0.5, 0.6) is 0 Å². The minimum atomic E-state index is -0.701. The van der Waals surface area contributed by atoms with Crippen LogP contribution < -0.4 is 5.32 Å². The Morgan fingerprint density at radius 3 is 2.28 bits per heavy atom. The molecule has 0 aromatic heterocycles. The maximum atomic E-state index is 13.1. The SMILES string of the molecule is CCN1CCC2(CC1)NC(=O)N(C1CCN(C(=O)C(C)C)CC1)C2=O. The number of amides is 4. The van der Waals surface area contributed by atoms with Crippen molar-refractivity contribution in [3.05, 3.63) is 0 Å². The smallest absolute Gasteiger partial charge is 0.325 e. The summed E-state index contributed by atoms with van der Waals surface area (Å²) in [5.74, 6) is 0.0845. The van der Waals surface area contributed by atoms with Gasteiger partial charge in [0, 0.05) is 38.1 Å². The third kappa shape index (κ3) is 3.26. The highest BCUT2D eigenvalue weighted by molar-refractivity contribution is 6.07. The number of likely N-dealkylation sites (tertiary alicyclic amines) is 2. The van der Waals surface area contributed by atoms with Crippen LogP contribution in [0.2, 0.25) is 0 Å². The molecule has 3 saturated heterocycles. The average Bonchev–Trinajstić information content (AvgIpc) is 2.85. The first-order valence-corrected chi connectivity index (χ1v) is 9.55. The number of hydrogen-bond donors (Lipinski definition) is 1. The Hall–Kier alpha value is -1.63. The van der Waals surface area contributed by atoms with Crippen LogP contribution in [0.25, 0.3) is 0 Å². The largest absolute Gasteiger partial charge is 0.342 e. The lowest BCUT2D eigenvalue weighted by Gasteiger charge is -2.38. The molecule has 0 radical (unpaired) electrons. The van der Waals surface area contributed by atoms with Gasteiger partial charge >= 0.3 is 6.03 Å². The quantitative estimate of drug-likeness (QED) is 0.772. The molecule has 4 amide bonds. The third-order valence-corrected chi connectivity index (χ3v) is 5.99. The Kier molecular flexibility index (Phi) is 5.04. The van der Waals surface area contributed by atoms with E-state index in [2.05, 4.69) is 17.1 Å². The van der Waals surface area contributed by atoms with Crippen LogP contribution in [-0.2, 0) is 9.59 Å². The van der Waals surface area contributed by atoms with Gasteiger partial charge in [0.25, 0.3) is 5.91 Å². The van der Waals surface area contributed by atoms with Gasteiger partial charge in [-0.25, -0.2) is 4.79 Å². The Morgan fingerprint density at radius 1 is 1.16 bits per heavy atom. The number of carbonyl (C=O) groups is 3. The molecule has 25 heavy (non-hydrogen) atoms. The van der Waals surface area contributed by atoms with Crippen molar-refractivity contribution < 1.29 is 14.4 Å². The molecule has 7 heteroatoms. The zero-order valence-electron chi connectivity index (χ0n) is 15.6. The molecule has 140 valence electrons. The van der Waals surface area contributed by atoms with Gasteiger partial charge in [-0.05, 0) is 32.2 Å². The Bertz CT molecular complexity index is 547. The van der Waals surface area contributed by atoms with Crippen LogP contribution >= 0.6 is 0 Å². The summed E-state index contributed by atoms with van der Waals surface area (Å²) in [7, 11) is 0. The van der Waals surface area contributed by atoms with E-state index in [0.29, 0.717) is 38.8 Å². The molecule has 3 rings (SSSR count).